The van der Waals surface area contributed by atoms with Crippen LogP contribution in [0.3, 0.4) is 0 Å². The van der Waals surface area contributed by atoms with Crippen molar-refractivity contribution in [3.8, 4) is 0 Å². The number of esters is 3. The van der Waals surface area contributed by atoms with Gasteiger partial charge in [-0.25, -0.2) is 0 Å². The second-order valence-electron chi connectivity index (χ2n) is 14.6. The van der Waals surface area contributed by atoms with E-state index in [0.717, 1.165) is 76.0 Å². The van der Waals surface area contributed by atoms with Gasteiger partial charge in [0.05, 0.1) is 0 Å². The first-order valence-electron chi connectivity index (χ1n) is 20.3. The molecule has 6 nitrogen and oxygen atoms in total. The number of hydrogen-bond donors (Lipinski definition) is 0. The topological polar surface area (TPSA) is 78.9 Å². The van der Waals surface area contributed by atoms with E-state index >= 15 is 0 Å². The molecule has 2 atom stereocenters. The van der Waals surface area contributed by atoms with Crippen LogP contribution in [-0.2, 0) is 28.6 Å². The van der Waals surface area contributed by atoms with Crippen LogP contribution in [0.15, 0.2) is 0 Å². The molecule has 0 aromatic carbocycles. The highest BCUT2D eigenvalue weighted by Crippen LogP contribution is 2.16. The van der Waals surface area contributed by atoms with Gasteiger partial charge in [-0.1, -0.05) is 176 Å². The van der Waals surface area contributed by atoms with E-state index in [4.69, 9.17) is 14.2 Å². The molecule has 0 aromatic rings. The zero-order chi connectivity index (χ0) is 34.8. The van der Waals surface area contributed by atoms with Gasteiger partial charge in [-0.05, 0) is 31.1 Å². The Morgan fingerprint density at radius 1 is 0.447 bits per heavy atom. The molecule has 0 amide bonds. The minimum Gasteiger partial charge on any atom is -0.462 e. The van der Waals surface area contributed by atoms with E-state index in [9.17, 15) is 14.4 Å². The molecule has 0 N–H and O–H groups in total. The molecule has 0 saturated carbocycles. The second-order valence-corrected chi connectivity index (χ2v) is 14.6. The van der Waals surface area contributed by atoms with Gasteiger partial charge in [0.1, 0.15) is 13.2 Å². The Hall–Kier alpha value is -1.59. The van der Waals surface area contributed by atoms with Gasteiger partial charge in [0.2, 0.25) is 0 Å². The van der Waals surface area contributed by atoms with E-state index < -0.39 is 6.10 Å². The Labute approximate surface area is 291 Å². The second kappa shape index (κ2) is 34.3. The highest BCUT2D eigenvalue weighted by atomic mass is 16.6. The summed E-state index contributed by atoms with van der Waals surface area (Å²) < 4.78 is 16.5. The summed E-state index contributed by atoms with van der Waals surface area (Å²) in [6.07, 6.45) is 29.8. The Kier molecular flexibility index (Phi) is 33.1. The molecule has 0 heterocycles. The third-order valence-corrected chi connectivity index (χ3v) is 9.33. The summed E-state index contributed by atoms with van der Waals surface area (Å²) in [7, 11) is 0. The first kappa shape index (κ1) is 45.4. The molecule has 1 unspecified atom stereocenters. The van der Waals surface area contributed by atoms with Crippen LogP contribution < -0.4 is 0 Å². The van der Waals surface area contributed by atoms with Crippen LogP contribution in [0.1, 0.15) is 214 Å². The number of hydrogen-bond acceptors (Lipinski definition) is 6. The van der Waals surface area contributed by atoms with Crippen LogP contribution in [0, 0.1) is 11.8 Å². The van der Waals surface area contributed by atoms with Crippen molar-refractivity contribution in [1.29, 1.82) is 0 Å². The fourth-order valence-electron chi connectivity index (χ4n) is 5.84. The lowest BCUT2D eigenvalue weighted by Gasteiger charge is -2.18. The molecule has 0 rings (SSSR count). The Morgan fingerprint density at radius 2 is 0.809 bits per heavy atom. The fraction of sp³-hybridized carbons (Fsp3) is 0.927. The monoisotopic (exact) mass is 667 g/mol. The smallest absolute Gasteiger partial charge is 0.306 e. The molecule has 0 aliphatic heterocycles. The van der Waals surface area contributed by atoms with Gasteiger partial charge in [-0.3, -0.25) is 14.4 Å². The quantitative estimate of drug-likeness (QED) is 0.0380. The number of ether oxygens (including phenoxy) is 3. The molecule has 0 aliphatic carbocycles. The number of unbranched alkanes of at least 4 members (excludes halogenated alkanes) is 19. The maximum atomic E-state index is 12.5. The Balaban J connectivity index is 4.21. The summed E-state index contributed by atoms with van der Waals surface area (Å²) in [5, 5.41) is 0. The summed E-state index contributed by atoms with van der Waals surface area (Å²) in [6.45, 7) is 11.2. The van der Waals surface area contributed by atoms with Crippen LogP contribution in [0.4, 0.5) is 0 Å². The zero-order valence-corrected chi connectivity index (χ0v) is 31.9. The van der Waals surface area contributed by atoms with E-state index in [0.29, 0.717) is 19.3 Å². The largest absolute Gasteiger partial charge is 0.462 e. The van der Waals surface area contributed by atoms with Gasteiger partial charge in [0.15, 0.2) is 6.10 Å². The SMILES string of the molecule is CCCCCCCC(=O)O[C@H](COC(=O)CCCCCCCCCCCCC(C)CC)COC(=O)CCCCCCCCCC(C)C. The van der Waals surface area contributed by atoms with Crippen LogP contribution in [-0.4, -0.2) is 37.2 Å². The summed E-state index contributed by atoms with van der Waals surface area (Å²) in [6, 6.07) is 0. The van der Waals surface area contributed by atoms with E-state index in [1.54, 1.807) is 0 Å². The summed E-state index contributed by atoms with van der Waals surface area (Å²) >= 11 is 0. The van der Waals surface area contributed by atoms with Gasteiger partial charge in [0, 0.05) is 19.3 Å². The number of carbonyl (C=O) groups is 3. The van der Waals surface area contributed by atoms with E-state index in [2.05, 4.69) is 34.6 Å². The molecular weight excluding hydrogens is 588 g/mol. The van der Waals surface area contributed by atoms with Crippen LogP contribution in [0.5, 0.6) is 0 Å². The molecule has 0 aromatic heterocycles. The molecule has 6 heteroatoms. The van der Waals surface area contributed by atoms with Gasteiger partial charge < -0.3 is 14.2 Å². The van der Waals surface area contributed by atoms with Crippen molar-refractivity contribution in [2.45, 2.75) is 221 Å². The van der Waals surface area contributed by atoms with Crippen LogP contribution in [0.2, 0.25) is 0 Å². The predicted molar refractivity (Wildman–Crippen MR) is 196 cm³/mol. The van der Waals surface area contributed by atoms with Crippen molar-refractivity contribution in [3.63, 3.8) is 0 Å². The Morgan fingerprint density at radius 3 is 1.21 bits per heavy atom. The molecular formula is C41H78O6. The van der Waals surface area contributed by atoms with E-state index in [1.807, 2.05) is 0 Å². The molecule has 0 saturated heterocycles. The molecule has 0 aliphatic rings. The van der Waals surface area contributed by atoms with E-state index in [1.165, 1.54) is 96.3 Å². The van der Waals surface area contributed by atoms with Gasteiger partial charge in [-0.2, -0.15) is 0 Å². The number of rotatable bonds is 35. The minimum absolute atomic E-state index is 0.0676. The zero-order valence-electron chi connectivity index (χ0n) is 31.9. The highest BCUT2D eigenvalue weighted by molar-refractivity contribution is 5.71. The summed E-state index contributed by atoms with van der Waals surface area (Å²) in [5.41, 5.74) is 0. The lowest BCUT2D eigenvalue weighted by atomic mass is 9.99. The van der Waals surface area contributed by atoms with Crippen molar-refractivity contribution >= 4 is 17.9 Å². The fourth-order valence-corrected chi connectivity index (χ4v) is 5.84. The van der Waals surface area contributed by atoms with Crippen molar-refractivity contribution < 1.29 is 28.6 Å². The average molecular weight is 667 g/mol. The standard InChI is InChI=1S/C41H78O6/c1-6-8-9-19-28-33-41(44)47-38(35-46-40(43)32-27-23-18-14-15-20-24-29-36(3)4)34-45-39(42)31-26-22-17-13-11-10-12-16-21-25-30-37(5)7-2/h36-38H,6-35H2,1-5H3/t37?,38-/m1/s1. The van der Waals surface area contributed by atoms with Crippen molar-refractivity contribution in [1.82, 2.24) is 0 Å². The predicted octanol–water partition coefficient (Wildman–Crippen LogP) is 12.2. The van der Waals surface area contributed by atoms with Gasteiger partial charge in [0.25, 0.3) is 0 Å². The summed E-state index contributed by atoms with van der Waals surface area (Å²) in [4.78, 5) is 37.2. The van der Waals surface area contributed by atoms with E-state index in [-0.39, 0.29) is 31.1 Å². The molecule has 0 radical (unpaired) electrons. The first-order valence-corrected chi connectivity index (χ1v) is 20.3. The van der Waals surface area contributed by atoms with Crippen LogP contribution >= 0.6 is 0 Å². The molecule has 278 valence electrons. The third kappa shape index (κ3) is 34.1. The minimum atomic E-state index is -0.757. The Bertz CT molecular complexity index is 721. The number of carbonyl (C=O) groups excluding carboxylic acids is 3. The van der Waals surface area contributed by atoms with Gasteiger partial charge >= 0.3 is 17.9 Å². The highest BCUT2D eigenvalue weighted by Gasteiger charge is 2.19. The molecule has 0 fully saturated rings. The third-order valence-electron chi connectivity index (χ3n) is 9.33. The lowest BCUT2D eigenvalue weighted by molar-refractivity contribution is -0.167. The maximum absolute atomic E-state index is 12.5. The summed E-state index contributed by atoms with van der Waals surface area (Å²) in [5.74, 6) is 0.770. The molecule has 0 bridgehead atoms. The normalized spacial score (nSPS) is 12.6. The molecule has 0 spiro atoms. The van der Waals surface area contributed by atoms with Crippen molar-refractivity contribution in [3.05, 3.63) is 0 Å². The van der Waals surface area contributed by atoms with Gasteiger partial charge in [-0.15, -0.1) is 0 Å². The maximum Gasteiger partial charge on any atom is 0.306 e. The lowest BCUT2D eigenvalue weighted by Crippen LogP contribution is -2.30. The van der Waals surface area contributed by atoms with Crippen molar-refractivity contribution in [2.24, 2.45) is 11.8 Å². The molecule has 47 heavy (non-hydrogen) atoms. The van der Waals surface area contributed by atoms with Crippen molar-refractivity contribution in [2.75, 3.05) is 13.2 Å². The van der Waals surface area contributed by atoms with Crippen LogP contribution in [0.25, 0.3) is 0 Å². The average Bonchev–Trinajstić information content (AvgIpc) is 3.05. The first-order chi connectivity index (χ1) is 22.8.